The molecule has 1 aromatic rings. The normalized spacial score (nSPS) is 14.0. The van der Waals surface area contributed by atoms with Crippen molar-refractivity contribution in [3.05, 3.63) is 67.9 Å². The summed E-state index contributed by atoms with van der Waals surface area (Å²) in [4.78, 5) is 57.0. The third kappa shape index (κ3) is 3.30. The van der Waals surface area contributed by atoms with Crippen LogP contribution in [0.5, 0.6) is 0 Å². The Kier molecular flexibility index (Phi) is 4.77. The number of aryl methyl sites for hydroxylation is 3. The minimum Gasteiger partial charge on any atom is -0.322 e. The van der Waals surface area contributed by atoms with Crippen LogP contribution in [-0.4, -0.2) is 30.7 Å². The van der Waals surface area contributed by atoms with Crippen molar-refractivity contribution >= 4 is 22.6 Å². The average Bonchev–Trinajstić information content (AvgIpc) is 2.70. The zero-order valence-electron chi connectivity index (χ0n) is 16.9. The van der Waals surface area contributed by atoms with Crippen molar-refractivity contribution in [1.29, 1.82) is 0 Å². The fraction of sp³-hybridized carbons (Fsp3) is 0.273. The first-order valence-electron chi connectivity index (χ1n) is 9.62. The lowest BCUT2D eigenvalue weighted by Gasteiger charge is -2.18. The van der Waals surface area contributed by atoms with Gasteiger partial charge in [0, 0.05) is 19.2 Å². The molecular weight excluding hydrogens is 384 g/mol. The summed E-state index contributed by atoms with van der Waals surface area (Å²) in [6, 6.07) is 3.86. The quantitative estimate of drug-likeness (QED) is 0.484. The molecule has 0 unspecified atom stereocenters. The molecule has 0 bridgehead atoms. The summed E-state index contributed by atoms with van der Waals surface area (Å²) in [5, 5.41) is 0. The lowest BCUT2D eigenvalue weighted by atomic mass is 9.99. The Balaban J connectivity index is 1.82. The number of rotatable bonds is 4. The van der Waals surface area contributed by atoms with Gasteiger partial charge in [0.25, 0.3) is 5.56 Å². The topological polar surface area (TPSA) is 104 Å². The number of hydrogen-bond donors (Lipinski definition) is 0. The van der Waals surface area contributed by atoms with Crippen molar-refractivity contribution in [3.63, 3.8) is 0 Å². The van der Waals surface area contributed by atoms with Crippen LogP contribution in [0.1, 0.15) is 24.0 Å². The van der Waals surface area contributed by atoms with Crippen LogP contribution in [0, 0.1) is 13.8 Å². The standard InChI is InChI=1S/C22H20N4O4/c1-12-9-16-17(10-13(12)2)26(8-4-5-14-11-15(27)6-7-18(14)28)20-19(23-16)21(29)25(3)22(30)24-20/h6-7,9-11H,4-5,8H2,1-3H3. The van der Waals surface area contributed by atoms with Crippen molar-refractivity contribution in [2.75, 3.05) is 0 Å². The molecule has 0 aromatic heterocycles. The van der Waals surface area contributed by atoms with Gasteiger partial charge in [-0.15, -0.1) is 0 Å². The number of benzene rings is 1. The molecule has 1 aliphatic carbocycles. The number of fused-ring (bicyclic) bond motifs is 2. The third-order valence-corrected chi connectivity index (χ3v) is 5.44. The molecular formula is C22H20N4O4. The molecule has 4 rings (SSSR count). The van der Waals surface area contributed by atoms with Gasteiger partial charge in [0.1, 0.15) is 0 Å². The van der Waals surface area contributed by atoms with Crippen LogP contribution in [0.3, 0.4) is 0 Å². The Labute approximate surface area is 171 Å². The highest BCUT2D eigenvalue weighted by Gasteiger charge is 2.21. The summed E-state index contributed by atoms with van der Waals surface area (Å²) < 4.78 is 2.74. The Morgan fingerprint density at radius 3 is 2.47 bits per heavy atom. The Bertz CT molecular complexity index is 1370. The predicted molar refractivity (Wildman–Crippen MR) is 112 cm³/mol. The van der Waals surface area contributed by atoms with Crippen molar-refractivity contribution in [2.45, 2.75) is 33.2 Å². The molecule has 0 saturated heterocycles. The molecule has 0 radical (unpaired) electrons. The SMILES string of the molecule is Cc1cc2nc3c(=O)n(C)c(=O)nc-3n(CCCC3=CC(=O)C=CC3=O)c2cc1C. The van der Waals surface area contributed by atoms with Crippen molar-refractivity contribution in [1.82, 2.24) is 19.1 Å². The van der Waals surface area contributed by atoms with Gasteiger partial charge < -0.3 is 4.57 Å². The number of allylic oxidation sites excluding steroid dienone is 4. The van der Waals surface area contributed by atoms with Crippen LogP contribution in [0.15, 0.2) is 45.5 Å². The van der Waals surface area contributed by atoms with E-state index in [4.69, 9.17) is 0 Å². The van der Waals surface area contributed by atoms with Gasteiger partial charge in [-0.05, 0) is 68.2 Å². The van der Waals surface area contributed by atoms with Gasteiger partial charge in [-0.2, -0.15) is 4.98 Å². The second-order valence-electron chi connectivity index (χ2n) is 7.49. The molecule has 0 atom stereocenters. The minimum atomic E-state index is -0.646. The number of aromatic nitrogens is 4. The highest BCUT2D eigenvalue weighted by atomic mass is 16.2. The van der Waals surface area contributed by atoms with E-state index in [1.165, 1.54) is 25.3 Å². The molecule has 0 spiro atoms. The summed E-state index contributed by atoms with van der Waals surface area (Å²) in [7, 11) is 1.37. The molecule has 2 aliphatic heterocycles. The molecule has 2 heterocycles. The first-order chi connectivity index (χ1) is 14.3. The average molecular weight is 404 g/mol. The Hall–Kier alpha value is -3.68. The van der Waals surface area contributed by atoms with E-state index in [-0.39, 0.29) is 23.1 Å². The molecule has 3 aliphatic rings. The minimum absolute atomic E-state index is 0.124. The highest BCUT2D eigenvalue weighted by molar-refractivity contribution is 6.17. The monoisotopic (exact) mass is 404 g/mol. The zero-order valence-corrected chi connectivity index (χ0v) is 16.9. The zero-order chi connectivity index (χ0) is 21.6. The van der Waals surface area contributed by atoms with Crippen molar-refractivity contribution < 1.29 is 9.59 Å². The number of carbonyl (C=O) groups is 2. The van der Waals surface area contributed by atoms with E-state index in [9.17, 15) is 19.2 Å². The molecule has 0 fully saturated rings. The van der Waals surface area contributed by atoms with Crippen LogP contribution in [0.25, 0.3) is 22.6 Å². The summed E-state index contributed by atoms with van der Waals surface area (Å²) in [5.74, 6) is -0.160. The second-order valence-corrected chi connectivity index (χ2v) is 7.49. The van der Waals surface area contributed by atoms with Crippen LogP contribution < -0.4 is 11.2 Å². The van der Waals surface area contributed by atoms with E-state index in [2.05, 4.69) is 9.97 Å². The lowest BCUT2D eigenvalue weighted by Crippen LogP contribution is -2.36. The van der Waals surface area contributed by atoms with Gasteiger partial charge in [-0.3, -0.25) is 19.0 Å². The van der Waals surface area contributed by atoms with E-state index in [0.717, 1.165) is 21.2 Å². The van der Waals surface area contributed by atoms with Crippen LogP contribution in [-0.2, 0) is 23.2 Å². The molecule has 0 saturated carbocycles. The Morgan fingerprint density at radius 1 is 0.967 bits per heavy atom. The van der Waals surface area contributed by atoms with Gasteiger partial charge in [-0.25, -0.2) is 9.78 Å². The Morgan fingerprint density at radius 2 is 1.70 bits per heavy atom. The number of carbonyl (C=O) groups excluding carboxylic acids is 2. The van der Waals surface area contributed by atoms with Gasteiger partial charge in [-0.1, -0.05) is 0 Å². The largest absolute Gasteiger partial charge is 0.352 e. The predicted octanol–water partition coefficient (Wildman–Crippen LogP) is 1.63. The number of hydrogen-bond acceptors (Lipinski definition) is 6. The molecule has 0 amide bonds. The van der Waals surface area contributed by atoms with Crippen molar-refractivity contribution in [2.24, 2.45) is 7.05 Å². The first-order valence-corrected chi connectivity index (χ1v) is 9.62. The third-order valence-electron chi connectivity index (χ3n) is 5.44. The molecule has 8 nitrogen and oxygen atoms in total. The van der Waals surface area contributed by atoms with Crippen molar-refractivity contribution in [3.8, 4) is 11.5 Å². The maximum Gasteiger partial charge on any atom is 0.352 e. The molecule has 152 valence electrons. The number of ketones is 2. The van der Waals surface area contributed by atoms with Crippen LogP contribution >= 0.6 is 0 Å². The molecule has 0 N–H and O–H groups in total. The first kappa shape index (κ1) is 19.6. The van der Waals surface area contributed by atoms with Crippen LogP contribution in [0.2, 0.25) is 0 Å². The van der Waals surface area contributed by atoms with E-state index < -0.39 is 11.2 Å². The highest BCUT2D eigenvalue weighted by Crippen LogP contribution is 2.25. The maximum absolute atomic E-state index is 12.6. The number of nitrogens with zero attached hydrogens (tertiary/aromatic N) is 4. The smallest absolute Gasteiger partial charge is 0.322 e. The molecule has 1 aromatic carbocycles. The summed E-state index contributed by atoms with van der Waals surface area (Å²) in [5.41, 5.74) is 2.90. The summed E-state index contributed by atoms with van der Waals surface area (Å²) in [6.45, 7) is 4.34. The summed E-state index contributed by atoms with van der Waals surface area (Å²) in [6.07, 6.45) is 4.81. The van der Waals surface area contributed by atoms with Gasteiger partial charge in [0.2, 0.25) is 0 Å². The fourth-order valence-corrected chi connectivity index (χ4v) is 3.58. The maximum atomic E-state index is 12.6. The van der Waals surface area contributed by atoms with Gasteiger partial charge in [0.15, 0.2) is 23.1 Å². The van der Waals surface area contributed by atoms with E-state index in [1.807, 2.05) is 26.0 Å². The molecule has 30 heavy (non-hydrogen) atoms. The summed E-state index contributed by atoms with van der Waals surface area (Å²) >= 11 is 0. The lowest BCUT2D eigenvalue weighted by molar-refractivity contribution is -0.114. The van der Waals surface area contributed by atoms with E-state index in [1.54, 1.807) is 4.57 Å². The van der Waals surface area contributed by atoms with E-state index in [0.29, 0.717) is 30.5 Å². The molecule has 8 heteroatoms. The van der Waals surface area contributed by atoms with Gasteiger partial charge >= 0.3 is 5.69 Å². The van der Waals surface area contributed by atoms with E-state index >= 15 is 0 Å². The second kappa shape index (κ2) is 7.29. The van der Waals surface area contributed by atoms with Crippen LogP contribution in [0.4, 0.5) is 0 Å². The fourth-order valence-electron chi connectivity index (χ4n) is 3.58. The van der Waals surface area contributed by atoms with Gasteiger partial charge in [0.05, 0.1) is 11.0 Å².